The number of hydrogen-bond acceptors (Lipinski definition) is 3. The first-order valence-corrected chi connectivity index (χ1v) is 9.56. The van der Waals surface area contributed by atoms with Gasteiger partial charge in [-0.2, -0.15) is 0 Å². The molecule has 0 aliphatic rings. The van der Waals surface area contributed by atoms with E-state index in [0.29, 0.717) is 30.4 Å². The van der Waals surface area contributed by atoms with E-state index < -0.39 is 0 Å². The summed E-state index contributed by atoms with van der Waals surface area (Å²) in [5.41, 5.74) is 1.75. The molecular weight excluding hydrogens is 498 g/mol. The van der Waals surface area contributed by atoms with Crippen LogP contribution in [0.4, 0.5) is 4.39 Å². The summed E-state index contributed by atoms with van der Waals surface area (Å²) in [4.78, 5) is 17.8. The standard InChI is InChI=1S/C22H29FN4O2.HI/c1-16(29-20-10-6-9-19(23)14-20)15-26-22(24-2)25-12-11-17-7-5-8-18(13-17)21(28)27(3)4;/h5-10,13-14,16H,11-12,15H2,1-4H3,(H2,24,25,26);1H. The molecule has 2 aromatic rings. The van der Waals surface area contributed by atoms with E-state index in [4.69, 9.17) is 4.74 Å². The van der Waals surface area contributed by atoms with Gasteiger partial charge in [-0.05, 0) is 43.2 Å². The molecule has 1 amide bonds. The highest BCUT2D eigenvalue weighted by atomic mass is 127. The van der Waals surface area contributed by atoms with Crippen LogP contribution >= 0.6 is 24.0 Å². The smallest absolute Gasteiger partial charge is 0.253 e. The van der Waals surface area contributed by atoms with Gasteiger partial charge in [-0.3, -0.25) is 9.79 Å². The zero-order valence-electron chi connectivity index (χ0n) is 17.8. The van der Waals surface area contributed by atoms with Crippen molar-refractivity contribution in [1.29, 1.82) is 0 Å². The molecule has 2 aromatic carbocycles. The number of amides is 1. The number of carbonyl (C=O) groups is 1. The number of guanidine groups is 1. The van der Waals surface area contributed by atoms with Crippen molar-refractivity contribution in [3.63, 3.8) is 0 Å². The third-order valence-corrected chi connectivity index (χ3v) is 4.20. The molecule has 0 spiro atoms. The van der Waals surface area contributed by atoms with Gasteiger partial charge in [0, 0.05) is 39.3 Å². The van der Waals surface area contributed by atoms with Crippen LogP contribution in [0, 0.1) is 5.82 Å². The zero-order chi connectivity index (χ0) is 21.2. The minimum absolute atomic E-state index is 0. The molecule has 2 N–H and O–H groups in total. The van der Waals surface area contributed by atoms with Gasteiger partial charge in [0.2, 0.25) is 0 Å². The van der Waals surface area contributed by atoms with Gasteiger partial charge < -0.3 is 20.3 Å². The molecule has 164 valence electrons. The number of rotatable bonds is 8. The summed E-state index contributed by atoms with van der Waals surface area (Å²) in [5, 5.41) is 6.44. The maximum atomic E-state index is 13.2. The van der Waals surface area contributed by atoms with Crippen LogP contribution in [0.25, 0.3) is 0 Å². The molecule has 0 heterocycles. The summed E-state index contributed by atoms with van der Waals surface area (Å²) in [6, 6.07) is 13.7. The molecule has 0 aliphatic carbocycles. The summed E-state index contributed by atoms with van der Waals surface area (Å²) in [6.45, 7) is 3.08. The third-order valence-electron chi connectivity index (χ3n) is 4.20. The van der Waals surface area contributed by atoms with E-state index in [1.807, 2.05) is 31.2 Å². The van der Waals surface area contributed by atoms with Crippen molar-refractivity contribution < 1.29 is 13.9 Å². The number of carbonyl (C=O) groups excluding carboxylic acids is 1. The second-order valence-electron chi connectivity index (χ2n) is 6.92. The van der Waals surface area contributed by atoms with E-state index in [1.54, 1.807) is 38.2 Å². The monoisotopic (exact) mass is 528 g/mol. The van der Waals surface area contributed by atoms with Gasteiger partial charge >= 0.3 is 0 Å². The number of hydrogen-bond donors (Lipinski definition) is 2. The Labute approximate surface area is 194 Å². The summed E-state index contributed by atoms with van der Waals surface area (Å²) < 4.78 is 18.9. The molecule has 1 atom stereocenters. The number of halogens is 2. The van der Waals surface area contributed by atoms with Crippen LogP contribution in [0.15, 0.2) is 53.5 Å². The molecule has 0 fully saturated rings. The molecule has 0 saturated heterocycles. The predicted octanol–water partition coefficient (Wildman–Crippen LogP) is 3.32. The second kappa shape index (κ2) is 13.0. The first-order valence-electron chi connectivity index (χ1n) is 9.56. The van der Waals surface area contributed by atoms with Gasteiger partial charge in [0.1, 0.15) is 17.7 Å². The van der Waals surface area contributed by atoms with Crippen LogP contribution < -0.4 is 15.4 Å². The van der Waals surface area contributed by atoms with Crippen molar-refractivity contribution >= 4 is 35.8 Å². The molecule has 0 bridgehead atoms. The Kier molecular flexibility index (Phi) is 11.2. The van der Waals surface area contributed by atoms with Crippen molar-refractivity contribution in [1.82, 2.24) is 15.5 Å². The van der Waals surface area contributed by atoms with Gasteiger partial charge in [0.15, 0.2) is 5.96 Å². The van der Waals surface area contributed by atoms with Crippen LogP contribution in [0.1, 0.15) is 22.8 Å². The Morgan fingerprint density at radius 3 is 2.57 bits per heavy atom. The first-order chi connectivity index (χ1) is 13.9. The van der Waals surface area contributed by atoms with Gasteiger partial charge in [-0.25, -0.2) is 4.39 Å². The van der Waals surface area contributed by atoms with Crippen LogP contribution in [0.5, 0.6) is 5.75 Å². The quantitative estimate of drug-likeness (QED) is 0.314. The maximum absolute atomic E-state index is 13.2. The molecular formula is C22H30FIN4O2. The van der Waals surface area contributed by atoms with E-state index >= 15 is 0 Å². The Morgan fingerprint density at radius 1 is 1.17 bits per heavy atom. The molecule has 0 aromatic heterocycles. The Hall–Kier alpha value is -2.36. The lowest BCUT2D eigenvalue weighted by atomic mass is 10.1. The summed E-state index contributed by atoms with van der Waals surface area (Å²) in [7, 11) is 5.18. The number of nitrogens with one attached hydrogen (secondary N) is 2. The van der Waals surface area contributed by atoms with E-state index in [-0.39, 0.29) is 41.8 Å². The largest absolute Gasteiger partial charge is 0.489 e. The molecule has 6 nitrogen and oxygen atoms in total. The summed E-state index contributed by atoms with van der Waals surface area (Å²) in [5.74, 6) is 0.815. The lowest BCUT2D eigenvalue weighted by Crippen LogP contribution is -2.42. The Balaban J connectivity index is 0.00000450. The minimum Gasteiger partial charge on any atom is -0.489 e. The molecule has 8 heteroatoms. The maximum Gasteiger partial charge on any atom is 0.253 e. The fourth-order valence-corrected chi connectivity index (χ4v) is 2.72. The second-order valence-corrected chi connectivity index (χ2v) is 6.92. The van der Waals surface area contributed by atoms with Crippen molar-refractivity contribution in [2.75, 3.05) is 34.2 Å². The van der Waals surface area contributed by atoms with E-state index in [0.717, 1.165) is 12.0 Å². The fraction of sp³-hybridized carbons (Fsp3) is 0.364. The highest BCUT2D eigenvalue weighted by molar-refractivity contribution is 14.0. The van der Waals surface area contributed by atoms with Crippen LogP contribution in [0.2, 0.25) is 0 Å². The SMILES string of the molecule is CN=C(NCCc1cccc(C(=O)N(C)C)c1)NCC(C)Oc1cccc(F)c1.I. The van der Waals surface area contributed by atoms with Gasteiger partial charge in [0.05, 0.1) is 6.54 Å². The topological polar surface area (TPSA) is 66.0 Å². The molecule has 0 aliphatic heterocycles. The number of benzene rings is 2. The Morgan fingerprint density at radius 2 is 1.90 bits per heavy atom. The molecule has 30 heavy (non-hydrogen) atoms. The fourth-order valence-electron chi connectivity index (χ4n) is 2.72. The lowest BCUT2D eigenvalue weighted by Gasteiger charge is -2.18. The third kappa shape index (κ3) is 8.56. The Bertz CT molecular complexity index is 845. The first kappa shape index (κ1) is 25.7. The predicted molar refractivity (Wildman–Crippen MR) is 129 cm³/mol. The van der Waals surface area contributed by atoms with Gasteiger partial charge in [-0.1, -0.05) is 18.2 Å². The zero-order valence-corrected chi connectivity index (χ0v) is 20.1. The highest BCUT2D eigenvalue weighted by Crippen LogP contribution is 2.13. The van der Waals surface area contributed by atoms with Gasteiger partial charge in [0.25, 0.3) is 5.91 Å². The van der Waals surface area contributed by atoms with Crippen LogP contribution in [-0.2, 0) is 6.42 Å². The normalized spacial score (nSPS) is 11.8. The van der Waals surface area contributed by atoms with Crippen molar-refractivity contribution in [3.8, 4) is 5.75 Å². The van der Waals surface area contributed by atoms with Crippen LogP contribution in [0.3, 0.4) is 0 Å². The number of ether oxygens (including phenoxy) is 1. The van der Waals surface area contributed by atoms with Crippen molar-refractivity contribution in [3.05, 3.63) is 65.5 Å². The van der Waals surface area contributed by atoms with E-state index in [9.17, 15) is 9.18 Å². The average Bonchev–Trinajstić information content (AvgIpc) is 2.70. The van der Waals surface area contributed by atoms with Crippen LogP contribution in [-0.4, -0.2) is 57.1 Å². The molecule has 0 saturated carbocycles. The molecule has 1 unspecified atom stereocenters. The summed E-state index contributed by atoms with van der Waals surface area (Å²) in [6.07, 6.45) is 0.592. The average molecular weight is 528 g/mol. The minimum atomic E-state index is -0.323. The van der Waals surface area contributed by atoms with Crippen molar-refractivity contribution in [2.45, 2.75) is 19.4 Å². The lowest BCUT2D eigenvalue weighted by molar-refractivity contribution is 0.0827. The molecule has 2 rings (SSSR count). The summed E-state index contributed by atoms with van der Waals surface area (Å²) >= 11 is 0. The van der Waals surface area contributed by atoms with Gasteiger partial charge in [-0.15, -0.1) is 24.0 Å². The van der Waals surface area contributed by atoms with Crippen molar-refractivity contribution in [2.24, 2.45) is 4.99 Å². The highest BCUT2D eigenvalue weighted by Gasteiger charge is 2.09. The number of aliphatic imine (C=N–C) groups is 1. The molecule has 0 radical (unpaired) electrons. The van der Waals surface area contributed by atoms with E-state index in [2.05, 4.69) is 15.6 Å². The van der Waals surface area contributed by atoms with E-state index in [1.165, 1.54) is 12.1 Å². The number of nitrogens with zero attached hydrogens (tertiary/aromatic N) is 2.